The molecule has 0 spiro atoms. The van der Waals surface area contributed by atoms with Crippen molar-refractivity contribution < 1.29 is 4.74 Å². The summed E-state index contributed by atoms with van der Waals surface area (Å²) in [7, 11) is 0. The van der Waals surface area contributed by atoms with Crippen molar-refractivity contribution in [1.82, 2.24) is 4.98 Å². The zero-order valence-corrected chi connectivity index (χ0v) is 12.0. The number of hydrogen-bond donors (Lipinski definition) is 0. The summed E-state index contributed by atoms with van der Waals surface area (Å²) in [5.41, 5.74) is 1.97. The van der Waals surface area contributed by atoms with Crippen LogP contribution >= 0.6 is 15.9 Å². The first kappa shape index (κ1) is 12.2. The lowest BCUT2D eigenvalue weighted by atomic mass is 10.2. The van der Waals surface area contributed by atoms with Crippen molar-refractivity contribution in [3.8, 4) is 11.6 Å². The Morgan fingerprint density at radius 1 is 1.00 bits per heavy atom. The third-order valence-corrected chi connectivity index (χ3v) is 3.37. The van der Waals surface area contributed by atoms with Crippen LogP contribution in [0.4, 0.5) is 0 Å². The van der Waals surface area contributed by atoms with E-state index in [-0.39, 0.29) is 0 Å². The molecular weight excluding hydrogens is 302 g/mol. The summed E-state index contributed by atoms with van der Waals surface area (Å²) in [5, 5.41) is 1.13. The van der Waals surface area contributed by atoms with E-state index < -0.39 is 0 Å². The molecule has 3 aromatic rings. The molecule has 0 aliphatic carbocycles. The SMILES string of the molecule is Cc1cc2ccccc2nc1Oc1cccc(Br)c1. The molecule has 0 aliphatic rings. The number of benzene rings is 2. The van der Waals surface area contributed by atoms with Gasteiger partial charge in [0.05, 0.1) is 5.52 Å². The number of fused-ring (bicyclic) bond motifs is 1. The van der Waals surface area contributed by atoms with Crippen molar-refractivity contribution >= 4 is 26.8 Å². The van der Waals surface area contributed by atoms with Crippen LogP contribution in [-0.2, 0) is 0 Å². The zero-order valence-electron chi connectivity index (χ0n) is 10.4. The second-order valence-electron chi connectivity index (χ2n) is 4.36. The van der Waals surface area contributed by atoms with Crippen LogP contribution in [-0.4, -0.2) is 4.98 Å². The predicted molar refractivity (Wildman–Crippen MR) is 80.7 cm³/mol. The number of pyridine rings is 1. The van der Waals surface area contributed by atoms with Crippen LogP contribution in [0.2, 0.25) is 0 Å². The van der Waals surface area contributed by atoms with E-state index >= 15 is 0 Å². The number of aryl methyl sites for hydroxylation is 1. The third-order valence-electron chi connectivity index (χ3n) is 2.88. The predicted octanol–water partition coefficient (Wildman–Crippen LogP) is 5.10. The molecule has 0 radical (unpaired) electrons. The van der Waals surface area contributed by atoms with Crippen molar-refractivity contribution in [2.24, 2.45) is 0 Å². The van der Waals surface area contributed by atoms with E-state index in [1.807, 2.05) is 49.4 Å². The molecule has 0 fully saturated rings. The summed E-state index contributed by atoms with van der Waals surface area (Å²) in [4.78, 5) is 4.56. The molecule has 0 saturated carbocycles. The molecule has 0 bridgehead atoms. The van der Waals surface area contributed by atoms with E-state index in [0.29, 0.717) is 5.88 Å². The van der Waals surface area contributed by atoms with Gasteiger partial charge in [0.25, 0.3) is 0 Å². The molecule has 1 heterocycles. The van der Waals surface area contributed by atoms with E-state index in [2.05, 4.69) is 33.0 Å². The van der Waals surface area contributed by atoms with Gasteiger partial charge in [-0.3, -0.25) is 0 Å². The van der Waals surface area contributed by atoms with E-state index in [0.717, 1.165) is 26.7 Å². The minimum atomic E-state index is 0.650. The van der Waals surface area contributed by atoms with Gasteiger partial charge < -0.3 is 4.74 Å². The van der Waals surface area contributed by atoms with Gasteiger partial charge in [-0.25, -0.2) is 4.98 Å². The van der Waals surface area contributed by atoms with Gasteiger partial charge >= 0.3 is 0 Å². The zero-order chi connectivity index (χ0) is 13.2. The number of nitrogens with zero attached hydrogens (tertiary/aromatic N) is 1. The first-order valence-electron chi connectivity index (χ1n) is 6.02. The first-order chi connectivity index (χ1) is 9.22. The average Bonchev–Trinajstić information content (AvgIpc) is 2.40. The van der Waals surface area contributed by atoms with Crippen molar-refractivity contribution in [1.29, 1.82) is 0 Å². The summed E-state index contributed by atoms with van der Waals surface area (Å²) in [6, 6.07) is 17.9. The number of halogens is 1. The highest BCUT2D eigenvalue weighted by Gasteiger charge is 2.06. The number of rotatable bonds is 2. The lowest BCUT2D eigenvalue weighted by Gasteiger charge is -2.09. The highest BCUT2D eigenvalue weighted by molar-refractivity contribution is 9.10. The van der Waals surface area contributed by atoms with Crippen molar-refractivity contribution in [3.05, 3.63) is 64.6 Å². The van der Waals surface area contributed by atoms with E-state index in [1.165, 1.54) is 0 Å². The third kappa shape index (κ3) is 2.61. The van der Waals surface area contributed by atoms with E-state index in [9.17, 15) is 0 Å². The monoisotopic (exact) mass is 313 g/mol. The number of para-hydroxylation sites is 1. The molecule has 1 aromatic heterocycles. The van der Waals surface area contributed by atoms with Crippen molar-refractivity contribution in [2.75, 3.05) is 0 Å². The molecule has 0 amide bonds. The van der Waals surface area contributed by atoms with Crippen LogP contribution in [0.25, 0.3) is 10.9 Å². The van der Waals surface area contributed by atoms with Crippen molar-refractivity contribution in [3.63, 3.8) is 0 Å². The Bertz CT molecular complexity index is 740. The van der Waals surface area contributed by atoms with Crippen LogP contribution in [0.3, 0.4) is 0 Å². The molecule has 3 rings (SSSR count). The summed E-state index contributed by atoms with van der Waals surface area (Å²) in [5.74, 6) is 1.43. The van der Waals surface area contributed by atoms with Gasteiger partial charge in [-0.1, -0.05) is 40.2 Å². The number of ether oxygens (including phenoxy) is 1. The van der Waals surface area contributed by atoms with Gasteiger partial charge in [-0.15, -0.1) is 0 Å². The Kier molecular flexibility index (Phi) is 3.22. The molecule has 0 N–H and O–H groups in total. The second kappa shape index (κ2) is 5.02. The summed E-state index contributed by atoms with van der Waals surface area (Å²) in [6.45, 7) is 2.01. The Hall–Kier alpha value is -1.87. The molecule has 2 aromatic carbocycles. The molecule has 0 unspecified atom stereocenters. The minimum Gasteiger partial charge on any atom is -0.439 e. The van der Waals surface area contributed by atoms with E-state index in [4.69, 9.17) is 4.74 Å². The molecule has 2 nitrogen and oxygen atoms in total. The quantitative estimate of drug-likeness (QED) is 0.656. The first-order valence-corrected chi connectivity index (χ1v) is 6.81. The summed E-state index contributed by atoms with van der Waals surface area (Å²) >= 11 is 3.43. The number of aromatic nitrogens is 1. The fourth-order valence-corrected chi connectivity index (χ4v) is 2.33. The summed E-state index contributed by atoms with van der Waals surface area (Å²) in [6.07, 6.45) is 0. The lowest BCUT2D eigenvalue weighted by molar-refractivity contribution is 0.461. The maximum absolute atomic E-state index is 5.86. The van der Waals surface area contributed by atoms with Gasteiger partial charge in [-0.05, 0) is 37.3 Å². The fraction of sp³-hybridized carbons (Fsp3) is 0.0625. The van der Waals surface area contributed by atoms with E-state index in [1.54, 1.807) is 0 Å². The fourth-order valence-electron chi connectivity index (χ4n) is 1.95. The number of hydrogen-bond acceptors (Lipinski definition) is 2. The maximum Gasteiger partial charge on any atom is 0.222 e. The van der Waals surface area contributed by atoms with Crippen LogP contribution < -0.4 is 4.74 Å². The smallest absolute Gasteiger partial charge is 0.222 e. The average molecular weight is 314 g/mol. The van der Waals surface area contributed by atoms with Crippen LogP contribution in [0.1, 0.15) is 5.56 Å². The lowest BCUT2D eigenvalue weighted by Crippen LogP contribution is -1.92. The Labute approximate surface area is 120 Å². The standard InChI is InChI=1S/C16H12BrNO/c1-11-9-12-5-2-3-8-15(12)18-16(11)19-14-7-4-6-13(17)10-14/h2-10H,1H3. The van der Waals surface area contributed by atoms with Gasteiger partial charge in [-0.2, -0.15) is 0 Å². The Balaban J connectivity index is 2.03. The molecule has 0 aliphatic heterocycles. The molecule has 94 valence electrons. The normalized spacial score (nSPS) is 10.6. The van der Waals surface area contributed by atoms with Gasteiger partial charge in [0.15, 0.2) is 0 Å². The maximum atomic E-state index is 5.86. The topological polar surface area (TPSA) is 22.1 Å². The second-order valence-corrected chi connectivity index (χ2v) is 5.28. The molecule has 19 heavy (non-hydrogen) atoms. The Morgan fingerprint density at radius 3 is 2.68 bits per heavy atom. The highest BCUT2D eigenvalue weighted by atomic mass is 79.9. The summed E-state index contributed by atoms with van der Waals surface area (Å²) < 4.78 is 6.85. The van der Waals surface area contributed by atoms with Gasteiger partial charge in [0.1, 0.15) is 5.75 Å². The Morgan fingerprint density at radius 2 is 1.84 bits per heavy atom. The van der Waals surface area contributed by atoms with Crippen LogP contribution in [0, 0.1) is 6.92 Å². The minimum absolute atomic E-state index is 0.650. The molecule has 0 saturated heterocycles. The van der Waals surface area contributed by atoms with Gasteiger partial charge in [0, 0.05) is 15.4 Å². The van der Waals surface area contributed by atoms with Crippen LogP contribution in [0.5, 0.6) is 11.6 Å². The molecular formula is C16H12BrNO. The van der Waals surface area contributed by atoms with Crippen molar-refractivity contribution in [2.45, 2.75) is 6.92 Å². The van der Waals surface area contributed by atoms with Gasteiger partial charge in [0.2, 0.25) is 5.88 Å². The largest absolute Gasteiger partial charge is 0.439 e. The highest BCUT2D eigenvalue weighted by Crippen LogP contribution is 2.27. The molecule has 3 heteroatoms. The molecule has 0 atom stereocenters. The van der Waals surface area contributed by atoms with Crippen LogP contribution in [0.15, 0.2) is 59.1 Å².